The number of fused-ring (bicyclic) bond motifs is 1. The molecule has 4 heteroatoms. The van der Waals surface area contributed by atoms with E-state index in [1.807, 2.05) is 18.2 Å². The van der Waals surface area contributed by atoms with Crippen molar-refractivity contribution in [2.24, 2.45) is 10.9 Å². The molecule has 2 aromatic rings. The lowest BCUT2D eigenvalue weighted by molar-refractivity contribution is 0.546. The molecule has 21 heavy (non-hydrogen) atoms. The molecule has 0 spiro atoms. The molecule has 0 aliphatic rings. The molecular formula is C17H25N3O. The lowest BCUT2D eigenvalue weighted by atomic mass is 10.1. The van der Waals surface area contributed by atoms with Crippen LogP contribution in [0.1, 0.15) is 32.1 Å². The van der Waals surface area contributed by atoms with Crippen molar-refractivity contribution in [2.45, 2.75) is 34.2 Å². The number of aliphatic imine (C=N–C) groups is 1. The van der Waals surface area contributed by atoms with Crippen LogP contribution in [-0.4, -0.2) is 19.0 Å². The van der Waals surface area contributed by atoms with E-state index >= 15 is 0 Å². The molecule has 0 radical (unpaired) electrons. The summed E-state index contributed by atoms with van der Waals surface area (Å²) in [4.78, 5) is 4.61. The highest BCUT2D eigenvalue weighted by Crippen LogP contribution is 2.25. The summed E-state index contributed by atoms with van der Waals surface area (Å²) in [6.45, 7) is 10.8. The molecule has 0 bridgehead atoms. The molecule has 0 amide bonds. The largest absolute Gasteiger partial charge is 0.459 e. The van der Waals surface area contributed by atoms with E-state index in [0.717, 1.165) is 30.4 Å². The number of nitrogens with one attached hydrogen (secondary N) is 2. The average Bonchev–Trinajstić information content (AvgIpc) is 2.79. The third-order valence-electron chi connectivity index (χ3n) is 3.35. The molecule has 0 atom stereocenters. The minimum atomic E-state index is 0.550. The fraction of sp³-hybridized carbons (Fsp3) is 0.471. The molecule has 1 heterocycles. The Kier molecular flexibility index (Phi) is 5.26. The predicted octanol–water partition coefficient (Wildman–Crippen LogP) is 3.45. The molecule has 4 nitrogen and oxygen atoms in total. The van der Waals surface area contributed by atoms with Crippen LogP contribution in [0.25, 0.3) is 11.0 Å². The van der Waals surface area contributed by atoms with E-state index in [-0.39, 0.29) is 0 Å². The van der Waals surface area contributed by atoms with E-state index in [0.29, 0.717) is 12.5 Å². The number of rotatable bonds is 5. The van der Waals surface area contributed by atoms with Gasteiger partial charge in [-0.3, -0.25) is 0 Å². The van der Waals surface area contributed by atoms with Crippen LogP contribution in [0.15, 0.2) is 33.7 Å². The number of para-hydroxylation sites is 1. The predicted molar refractivity (Wildman–Crippen MR) is 88.6 cm³/mol. The van der Waals surface area contributed by atoms with Crippen LogP contribution >= 0.6 is 0 Å². The fourth-order valence-corrected chi connectivity index (χ4v) is 2.17. The van der Waals surface area contributed by atoms with Crippen molar-refractivity contribution in [3.05, 3.63) is 35.6 Å². The number of hydrogen-bond acceptors (Lipinski definition) is 2. The first-order valence-electron chi connectivity index (χ1n) is 7.61. The molecule has 0 saturated carbocycles. The summed E-state index contributed by atoms with van der Waals surface area (Å²) in [7, 11) is 0. The molecule has 1 aromatic heterocycles. The molecule has 0 saturated heterocycles. The molecule has 1 aromatic carbocycles. The highest BCUT2D eigenvalue weighted by atomic mass is 16.3. The lowest BCUT2D eigenvalue weighted by Gasteiger charge is -2.12. The van der Waals surface area contributed by atoms with Gasteiger partial charge < -0.3 is 15.1 Å². The first kappa shape index (κ1) is 15.4. The smallest absolute Gasteiger partial charge is 0.191 e. The number of guanidine groups is 1. The third-order valence-corrected chi connectivity index (χ3v) is 3.35. The first-order chi connectivity index (χ1) is 10.1. The van der Waals surface area contributed by atoms with Gasteiger partial charge in [-0.05, 0) is 25.8 Å². The van der Waals surface area contributed by atoms with Gasteiger partial charge in [-0.1, -0.05) is 32.0 Å². The number of nitrogens with zero attached hydrogens (tertiary/aromatic N) is 1. The van der Waals surface area contributed by atoms with Gasteiger partial charge in [0.15, 0.2) is 5.96 Å². The SMILES string of the molecule is CCNC(=NCc1oc2ccccc2c1C)NCC(C)C. The van der Waals surface area contributed by atoms with Crippen LogP contribution in [0.4, 0.5) is 0 Å². The number of hydrogen-bond donors (Lipinski definition) is 2. The van der Waals surface area contributed by atoms with Gasteiger partial charge in [-0.25, -0.2) is 4.99 Å². The van der Waals surface area contributed by atoms with Gasteiger partial charge in [-0.2, -0.15) is 0 Å². The Morgan fingerprint density at radius 1 is 1.24 bits per heavy atom. The Balaban J connectivity index is 2.13. The molecule has 114 valence electrons. The Hall–Kier alpha value is -1.97. The topological polar surface area (TPSA) is 49.6 Å². The maximum atomic E-state index is 5.89. The second kappa shape index (κ2) is 7.16. The van der Waals surface area contributed by atoms with Gasteiger partial charge in [0.1, 0.15) is 17.9 Å². The Morgan fingerprint density at radius 3 is 2.67 bits per heavy atom. The van der Waals surface area contributed by atoms with E-state index in [1.165, 1.54) is 10.9 Å². The summed E-state index contributed by atoms with van der Waals surface area (Å²) in [6, 6.07) is 8.11. The van der Waals surface area contributed by atoms with Gasteiger partial charge in [0.05, 0.1) is 0 Å². The van der Waals surface area contributed by atoms with Gasteiger partial charge in [0.25, 0.3) is 0 Å². The molecular weight excluding hydrogens is 262 g/mol. The third kappa shape index (κ3) is 4.00. The zero-order valence-electron chi connectivity index (χ0n) is 13.4. The van der Waals surface area contributed by atoms with Crippen LogP contribution in [0.3, 0.4) is 0 Å². The zero-order valence-corrected chi connectivity index (χ0v) is 13.4. The molecule has 0 aliphatic carbocycles. The van der Waals surface area contributed by atoms with Crippen LogP contribution in [0.2, 0.25) is 0 Å². The van der Waals surface area contributed by atoms with E-state index in [2.05, 4.69) is 49.4 Å². The molecule has 2 rings (SSSR count). The van der Waals surface area contributed by atoms with Crippen molar-refractivity contribution in [1.82, 2.24) is 10.6 Å². The quantitative estimate of drug-likeness (QED) is 0.654. The molecule has 0 fully saturated rings. The lowest BCUT2D eigenvalue weighted by Crippen LogP contribution is -2.39. The Morgan fingerprint density at radius 2 is 2.00 bits per heavy atom. The maximum Gasteiger partial charge on any atom is 0.191 e. The summed E-state index contributed by atoms with van der Waals surface area (Å²) in [5, 5.41) is 7.77. The van der Waals surface area contributed by atoms with E-state index < -0.39 is 0 Å². The van der Waals surface area contributed by atoms with Crippen LogP contribution in [0.5, 0.6) is 0 Å². The van der Waals surface area contributed by atoms with Crippen LogP contribution in [0, 0.1) is 12.8 Å². The summed E-state index contributed by atoms with van der Waals surface area (Å²) in [5.74, 6) is 2.35. The van der Waals surface area contributed by atoms with E-state index in [1.54, 1.807) is 0 Å². The second-order valence-electron chi connectivity index (χ2n) is 5.62. The van der Waals surface area contributed by atoms with Gasteiger partial charge in [-0.15, -0.1) is 0 Å². The van der Waals surface area contributed by atoms with Gasteiger partial charge in [0, 0.05) is 24.0 Å². The Bertz CT molecular complexity index is 614. The average molecular weight is 287 g/mol. The number of furan rings is 1. The van der Waals surface area contributed by atoms with Crippen molar-refractivity contribution < 1.29 is 4.42 Å². The first-order valence-corrected chi connectivity index (χ1v) is 7.61. The molecule has 2 N–H and O–H groups in total. The molecule has 0 unspecified atom stereocenters. The van der Waals surface area contributed by atoms with Crippen molar-refractivity contribution in [1.29, 1.82) is 0 Å². The van der Waals surface area contributed by atoms with Crippen molar-refractivity contribution >= 4 is 16.9 Å². The normalized spacial score (nSPS) is 12.1. The van der Waals surface area contributed by atoms with Crippen LogP contribution < -0.4 is 10.6 Å². The minimum absolute atomic E-state index is 0.550. The second-order valence-corrected chi connectivity index (χ2v) is 5.62. The highest BCUT2D eigenvalue weighted by molar-refractivity contribution is 5.82. The minimum Gasteiger partial charge on any atom is -0.459 e. The van der Waals surface area contributed by atoms with Crippen molar-refractivity contribution in [2.75, 3.05) is 13.1 Å². The van der Waals surface area contributed by atoms with Crippen LogP contribution in [-0.2, 0) is 6.54 Å². The standard InChI is InChI=1S/C17H25N3O/c1-5-18-17(19-10-12(2)3)20-11-16-13(4)14-8-6-7-9-15(14)21-16/h6-9,12H,5,10-11H2,1-4H3,(H2,18,19,20). The van der Waals surface area contributed by atoms with Crippen molar-refractivity contribution in [3.63, 3.8) is 0 Å². The summed E-state index contributed by atoms with van der Waals surface area (Å²) in [5.41, 5.74) is 2.11. The zero-order chi connectivity index (χ0) is 15.2. The summed E-state index contributed by atoms with van der Waals surface area (Å²) >= 11 is 0. The van der Waals surface area contributed by atoms with Gasteiger partial charge in [0.2, 0.25) is 0 Å². The van der Waals surface area contributed by atoms with E-state index in [9.17, 15) is 0 Å². The molecule has 0 aliphatic heterocycles. The fourth-order valence-electron chi connectivity index (χ4n) is 2.17. The number of benzene rings is 1. The highest BCUT2D eigenvalue weighted by Gasteiger charge is 2.09. The number of aryl methyl sites for hydroxylation is 1. The van der Waals surface area contributed by atoms with Crippen molar-refractivity contribution in [3.8, 4) is 0 Å². The van der Waals surface area contributed by atoms with E-state index in [4.69, 9.17) is 4.42 Å². The summed E-state index contributed by atoms with van der Waals surface area (Å²) in [6.07, 6.45) is 0. The summed E-state index contributed by atoms with van der Waals surface area (Å²) < 4.78 is 5.89. The maximum absolute atomic E-state index is 5.89. The van der Waals surface area contributed by atoms with Gasteiger partial charge >= 0.3 is 0 Å². The monoisotopic (exact) mass is 287 g/mol. The Labute approximate surface area is 126 Å².